The number of fused-ring (bicyclic) bond motifs is 1. The lowest BCUT2D eigenvalue weighted by Crippen LogP contribution is -2.50. The third-order valence-electron chi connectivity index (χ3n) is 7.60. The SMILES string of the molecule is CNC(=N)NCCCC(NC(=O)[C@@H]1C[C@@H](O[Si](C)(C)C(C)(C)C)CN1C(C)=O)C(=O)c1nc2ccccc2s1. The highest BCUT2D eigenvalue weighted by Gasteiger charge is 2.45. The van der Waals surface area contributed by atoms with E-state index in [4.69, 9.17) is 9.84 Å². The maximum atomic E-state index is 13.6. The molecule has 1 aromatic heterocycles. The molecule has 214 valence electrons. The number of hydrogen-bond acceptors (Lipinski definition) is 7. The van der Waals surface area contributed by atoms with E-state index in [0.29, 0.717) is 37.4 Å². The van der Waals surface area contributed by atoms with Crippen LogP contribution >= 0.6 is 11.3 Å². The van der Waals surface area contributed by atoms with Crippen LogP contribution in [0, 0.1) is 5.41 Å². The lowest BCUT2D eigenvalue weighted by atomic mass is 10.1. The summed E-state index contributed by atoms with van der Waals surface area (Å²) in [5.41, 5.74) is 0.740. The normalized spacial score (nSPS) is 18.6. The molecule has 1 aliphatic heterocycles. The minimum atomic E-state index is -2.10. The Morgan fingerprint density at radius 2 is 1.95 bits per heavy atom. The van der Waals surface area contributed by atoms with Crippen LogP contribution in [0.4, 0.5) is 0 Å². The van der Waals surface area contributed by atoms with Gasteiger partial charge in [0.15, 0.2) is 19.3 Å². The van der Waals surface area contributed by atoms with E-state index in [2.05, 4.69) is 54.8 Å². The number of nitrogens with zero attached hydrogens (tertiary/aromatic N) is 2. The first-order valence-electron chi connectivity index (χ1n) is 13.4. The summed E-state index contributed by atoms with van der Waals surface area (Å²) < 4.78 is 7.45. The molecule has 3 atom stereocenters. The molecule has 1 unspecified atom stereocenters. The lowest BCUT2D eigenvalue weighted by Gasteiger charge is -2.38. The third kappa shape index (κ3) is 7.64. The number of thiazole rings is 1. The molecule has 1 fully saturated rings. The maximum absolute atomic E-state index is 13.6. The number of rotatable bonds is 10. The van der Waals surface area contributed by atoms with Gasteiger partial charge in [-0.05, 0) is 43.1 Å². The van der Waals surface area contributed by atoms with Crippen molar-refractivity contribution in [1.29, 1.82) is 5.41 Å². The van der Waals surface area contributed by atoms with Gasteiger partial charge in [0.2, 0.25) is 17.6 Å². The number of carbonyl (C=O) groups is 3. The molecular weight excluding hydrogens is 532 g/mol. The molecule has 12 heteroatoms. The molecule has 2 aromatic rings. The van der Waals surface area contributed by atoms with Crippen LogP contribution in [-0.2, 0) is 14.0 Å². The highest BCUT2D eigenvalue weighted by molar-refractivity contribution is 7.20. The Bertz CT molecular complexity index is 1180. The second-order valence-electron chi connectivity index (χ2n) is 11.5. The van der Waals surface area contributed by atoms with Crippen LogP contribution in [0.3, 0.4) is 0 Å². The molecule has 39 heavy (non-hydrogen) atoms. The minimum Gasteiger partial charge on any atom is -0.412 e. The molecule has 4 N–H and O–H groups in total. The number of amides is 2. The quantitative estimate of drug-likeness (QED) is 0.112. The first-order valence-corrected chi connectivity index (χ1v) is 17.1. The van der Waals surface area contributed by atoms with Crippen molar-refractivity contribution < 1.29 is 18.8 Å². The molecule has 0 radical (unpaired) electrons. The predicted molar refractivity (Wildman–Crippen MR) is 158 cm³/mol. The summed E-state index contributed by atoms with van der Waals surface area (Å²) in [6.45, 7) is 13.1. The number of hydrogen-bond donors (Lipinski definition) is 4. The molecule has 1 saturated heterocycles. The zero-order valence-corrected chi connectivity index (χ0v) is 25.8. The molecule has 2 heterocycles. The van der Waals surface area contributed by atoms with Crippen molar-refractivity contribution in [2.75, 3.05) is 20.1 Å². The van der Waals surface area contributed by atoms with E-state index in [-0.39, 0.29) is 34.7 Å². The van der Waals surface area contributed by atoms with Gasteiger partial charge in [0.25, 0.3) is 0 Å². The van der Waals surface area contributed by atoms with Crippen molar-refractivity contribution >= 4 is 53.4 Å². The van der Waals surface area contributed by atoms with Crippen molar-refractivity contribution in [2.24, 2.45) is 0 Å². The number of likely N-dealkylation sites (tertiary alicyclic amines) is 1. The van der Waals surface area contributed by atoms with E-state index in [1.54, 1.807) is 11.9 Å². The molecule has 0 bridgehead atoms. The Balaban J connectivity index is 1.77. The van der Waals surface area contributed by atoms with Gasteiger partial charge in [-0.15, -0.1) is 11.3 Å². The second kappa shape index (κ2) is 12.6. The summed E-state index contributed by atoms with van der Waals surface area (Å²) in [4.78, 5) is 45.7. The second-order valence-corrected chi connectivity index (χ2v) is 17.3. The number of aromatic nitrogens is 1. The van der Waals surface area contributed by atoms with Crippen LogP contribution in [-0.4, -0.2) is 80.1 Å². The number of ketones is 1. The summed E-state index contributed by atoms with van der Waals surface area (Å²) >= 11 is 1.30. The van der Waals surface area contributed by atoms with Crippen LogP contribution in [0.25, 0.3) is 10.2 Å². The number of guanidine groups is 1. The van der Waals surface area contributed by atoms with Gasteiger partial charge in [-0.3, -0.25) is 19.8 Å². The number of nitrogens with one attached hydrogen (secondary N) is 4. The van der Waals surface area contributed by atoms with E-state index in [1.165, 1.54) is 18.3 Å². The zero-order chi connectivity index (χ0) is 29.0. The van der Waals surface area contributed by atoms with E-state index in [0.717, 1.165) is 10.2 Å². The Morgan fingerprint density at radius 3 is 2.56 bits per heavy atom. The zero-order valence-electron chi connectivity index (χ0n) is 24.0. The van der Waals surface area contributed by atoms with Gasteiger partial charge in [-0.1, -0.05) is 32.9 Å². The molecule has 1 aliphatic rings. The van der Waals surface area contributed by atoms with Crippen molar-refractivity contribution in [2.45, 2.75) is 83.3 Å². The monoisotopic (exact) mass is 574 g/mol. The van der Waals surface area contributed by atoms with Crippen LogP contribution in [0.15, 0.2) is 24.3 Å². The topological polar surface area (TPSA) is 137 Å². The Labute approximate surface area is 235 Å². The highest BCUT2D eigenvalue weighted by atomic mass is 32.1. The Morgan fingerprint density at radius 1 is 1.26 bits per heavy atom. The predicted octanol–water partition coefficient (Wildman–Crippen LogP) is 3.50. The van der Waals surface area contributed by atoms with Crippen LogP contribution in [0.2, 0.25) is 18.1 Å². The summed E-state index contributed by atoms with van der Waals surface area (Å²) in [6, 6.07) is 6.02. The summed E-state index contributed by atoms with van der Waals surface area (Å²) in [5.74, 6) is -0.624. The lowest BCUT2D eigenvalue weighted by molar-refractivity contribution is -0.137. The number of para-hydroxylation sites is 1. The van der Waals surface area contributed by atoms with Gasteiger partial charge < -0.3 is 25.3 Å². The minimum absolute atomic E-state index is 0.000831. The molecular formula is C27H42N6O4SSi. The summed E-state index contributed by atoms with van der Waals surface area (Å²) in [7, 11) is -0.451. The fourth-order valence-corrected chi connectivity index (χ4v) is 6.66. The van der Waals surface area contributed by atoms with Crippen LogP contribution in [0.5, 0.6) is 0 Å². The number of carbonyl (C=O) groups excluding carboxylic acids is 3. The first-order chi connectivity index (χ1) is 18.2. The standard InChI is InChI=1S/C27H42N6O4SSi/c1-17(34)33-16-18(37-39(6,7)27(2,3)4)15-21(33)24(36)31-20(12-10-14-30-26(28)29-5)23(35)25-32-19-11-8-9-13-22(19)38-25/h8-9,11,13,18,20-21H,10,12,14-16H2,1-7H3,(H,31,36)(H3,28,29,30)/t18-,20?,21+/m1/s1. The Hall–Kier alpha value is -2.83. The van der Waals surface area contributed by atoms with Crippen LogP contribution < -0.4 is 16.0 Å². The van der Waals surface area contributed by atoms with Gasteiger partial charge in [0.1, 0.15) is 6.04 Å². The average molecular weight is 575 g/mol. The molecule has 2 amide bonds. The largest absolute Gasteiger partial charge is 0.412 e. The van der Waals surface area contributed by atoms with Gasteiger partial charge in [-0.25, -0.2) is 4.98 Å². The van der Waals surface area contributed by atoms with Crippen LogP contribution in [0.1, 0.15) is 56.8 Å². The average Bonchev–Trinajstić information content (AvgIpc) is 3.48. The van der Waals surface area contributed by atoms with E-state index >= 15 is 0 Å². The van der Waals surface area contributed by atoms with Gasteiger partial charge in [0.05, 0.1) is 22.4 Å². The van der Waals surface area contributed by atoms with E-state index < -0.39 is 20.4 Å². The molecule has 10 nitrogen and oxygen atoms in total. The van der Waals surface area contributed by atoms with Gasteiger partial charge in [-0.2, -0.15) is 0 Å². The number of Topliss-reactive ketones (excluding diaryl/α,β-unsaturated/α-hetero) is 1. The van der Waals surface area contributed by atoms with Crippen molar-refractivity contribution in [3.8, 4) is 0 Å². The fourth-order valence-electron chi connectivity index (χ4n) is 4.34. The summed E-state index contributed by atoms with van der Waals surface area (Å²) in [6.07, 6.45) is 1.06. The molecule has 0 aliphatic carbocycles. The van der Waals surface area contributed by atoms with Gasteiger partial charge in [0, 0.05) is 33.5 Å². The highest BCUT2D eigenvalue weighted by Crippen LogP contribution is 2.39. The molecule has 0 saturated carbocycles. The smallest absolute Gasteiger partial charge is 0.243 e. The Kier molecular flexibility index (Phi) is 9.89. The molecule has 1 aromatic carbocycles. The fraction of sp³-hybridized carbons (Fsp3) is 0.593. The van der Waals surface area contributed by atoms with E-state index in [1.807, 2.05) is 24.3 Å². The molecule has 3 rings (SSSR count). The van der Waals surface area contributed by atoms with Crippen molar-refractivity contribution in [1.82, 2.24) is 25.8 Å². The van der Waals surface area contributed by atoms with E-state index in [9.17, 15) is 14.4 Å². The first kappa shape index (κ1) is 30.7. The maximum Gasteiger partial charge on any atom is 0.243 e. The summed E-state index contributed by atoms with van der Waals surface area (Å²) in [5, 5.41) is 16.6. The van der Waals surface area contributed by atoms with Crippen molar-refractivity contribution in [3.63, 3.8) is 0 Å². The van der Waals surface area contributed by atoms with Gasteiger partial charge >= 0.3 is 0 Å². The third-order valence-corrected chi connectivity index (χ3v) is 13.2. The molecule has 0 spiro atoms. The van der Waals surface area contributed by atoms with Crippen molar-refractivity contribution in [3.05, 3.63) is 29.3 Å². The number of benzene rings is 1.